The summed E-state index contributed by atoms with van der Waals surface area (Å²) in [5.41, 5.74) is 9.09. The molecule has 4 rings (SSSR count). The monoisotopic (exact) mass is 485 g/mol. The van der Waals surface area contributed by atoms with Crippen molar-refractivity contribution in [3.63, 3.8) is 0 Å². The molecular formula is C27H23N3O6. The van der Waals surface area contributed by atoms with Crippen molar-refractivity contribution in [1.29, 1.82) is 5.26 Å². The molecule has 36 heavy (non-hydrogen) atoms. The number of non-ortho nitro benzene ring substituents is 1. The van der Waals surface area contributed by atoms with Gasteiger partial charge in [0.2, 0.25) is 5.88 Å². The fraction of sp³-hybridized carbons (Fsp3) is 0.185. The molecule has 0 fully saturated rings. The number of allylic oxidation sites excluding steroid dienone is 1. The quantitative estimate of drug-likeness (QED) is 0.215. The van der Waals surface area contributed by atoms with Crippen LogP contribution in [0.1, 0.15) is 42.4 Å². The Morgan fingerprint density at radius 1 is 1.11 bits per heavy atom. The van der Waals surface area contributed by atoms with Gasteiger partial charge in [0.1, 0.15) is 28.9 Å². The number of nitro benzene ring substituents is 1. The minimum Gasteiger partial charge on any atom is -0.482 e. The molecule has 0 saturated heterocycles. The molecule has 3 aromatic rings. The van der Waals surface area contributed by atoms with Crippen LogP contribution < -0.4 is 19.9 Å². The van der Waals surface area contributed by atoms with Gasteiger partial charge in [-0.3, -0.25) is 10.1 Å². The van der Waals surface area contributed by atoms with E-state index in [2.05, 4.69) is 19.9 Å². The SMILES string of the molecule is CC(C)c1ccc(C2C(C#N)=C(N)Oc3cc(OC(=O)COc4ccc([N+](=O)[O-])cc4)ccc32)cc1. The summed E-state index contributed by atoms with van der Waals surface area (Å²) in [4.78, 5) is 22.5. The van der Waals surface area contributed by atoms with E-state index in [-0.39, 0.29) is 17.3 Å². The summed E-state index contributed by atoms with van der Waals surface area (Å²) in [6.45, 7) is 3.81. The molecular weight excluding hydrogens is 462 g/mol. The van der Waals surface area contributed by atoms with Crippen molar-refractivity contribution in [2.45, 2.75) is 25.7 Å². The van der Waals surface area contributed by atoms with E-state index in [4.69, 9.17) is 19.9 Å². The highest BCUT2D eigenvalue weighted by atomic mass is 16.6. The highest BCUT2D eigenvalue weighted by Gasteiger charge is 2.31. The molecule has 0 bridgehead atoms. The summed E-state index contributed by atoms with van der Waals surface area (Å²) in [7, 11) is 0. The number of ether oxygens (including phenoxy) is 3. The number of rotatable bonds is 7. The van der Waals surface area contributed by atoms with Gasteiger partial charge < -0.3 is 19.9 Å². The van der Waals surface area contributed by atoms with E-state index in [0.717, 1.165) is 11.1 Å². The minimum atomic E-state index is -0.675. The number of hydrogen-bond acceptors (Lipinski definition) is 8. The maximum Gasteiger partial charge on any atom is 0.349 e. The molecule has 0 spiro atoms. The van der Waals surface area contributed by atoms with Crippen LogP contribution in [0.25, 0.3) is 0 Å². The Labute approximate surface area is 207 Å². The van der Waals surface area contributed by atoms with Crippen LogP contribution in [0.2, 0.25) is 0 Å². The lowest BCUT2D eigenvalue weighted by molar-refractivity contribution is -0.384. The number of carbonyl (C=O) groups excluding carboxylic acids is 1. The molecule has 1 aliphatic heterocycles. The van der Waals surface area contributed by atoms with Crippen molar-refractivity contribution < 1.29 is 23.9 Å². The normalized spacial score (nSPS) is 14.4. The lowest BCUT2D eigenvalue weighted by Gasteiger charge is -2.27. The smallest absolute Gasteiger partial charge is 0.349 e. The molecule has 2 N–H and O–H groups in total. The highest BCUT2D eigenvalue weighted by Crippen LogP contribution is 2.43. The number of nitrogens with zero attached hydrogens (tertiary/aromatic N) is 2. The van der Waals surface area contributed by atoms with Gasteiger partial charge in [-0.1, -0.05) is 44.2 Å². The summed E-state index contributed by atoms with van der Waals surface area (Å²) < 4.78 is 16.4. The third kappa shape index (κ3) is 5.13. The summed E-state index contributed by atoms with van der Waals surface area (Å²) >= 11 is 0. The van der Waals surface area contributed by atoms with E-state index in [0.29, 0.717) is 23.0 Å². The molecule has 182 valence electrons. The van der Waals surface area contributed by atoms with Gasteiger partial charge in [-0.05, 0) is 35.2 Å². The third-order valence-electron chi connectivity index (χ3n) is 5.76. The Balaban J connectivity index is 1.50. The van der Waals surface area contributed by atoms with E-state index in [1.165, 1.54) is 35.9 Å². The second-order valence-corrected chi connectivity index (χ2v) is 8.46. The fourth-order valence-electron chi connectivity index (χ4n) is 3.88. The van der Waals surface area contributed by atoms with E-state index in [1.807, 2.05) is 24.3 Å². The van der Waals surface area contributed by atoms with Gasteiger partial charge in [0, 0.05) is 23.8 Å². The molecule has 0 radical (unpaired) electrons. The topological polar surface area (TPSA) is 138 Å². The Hall–Kier alpha value is -4.84. The van der Waals surface area contributed by atoms with E-state index in [9.17, 15) is 20.2 Å². The molecule has 9 nitrogen and oxygen atoms in total. The van der Waals surface area contributed by atoms with E-state index < -0.39 is 23.4 Å². The molecule has 0 amide bonds. The first-order valence-corrected chi connectivity index (χ1v) is 11.2. The van der Waals surface area contributed by atoms with Crippen molar-refractivity contribution in [3.8, 4) is 23.3 Å². The first-order valence-electron chi connectivity index (χ1n) is 11.2. The van der Waals surface area contributed by atoms with Gasteiger partial charge in [0.25, 0.3) is 5.69 Å². The highest BCUT2D eigenvalue weighted by molar-refractivity contribution is 5.74. The average Bonchev–Trinajstić information content (AvgIpc) is 2.87. The van der Waals surface area contributed by atoms with Crippen LogP contribution in [0.3, 0.4) is 0 Å². The van der Waals surface area contributed by atoms with Gasteiger partial charge in [-0.2, -0.15) is 5.26 Å². The Bertz CT molecular complexity index is 1370. The number of nitrogens with two attached hydrogens (primary N) is 1. The van der Waals surface area contributed by atoms with Crippen molar-refractivity contribution >= 4 is 11.7 Å². The van der Waals surface area contributed by atoms with E-state index in [1.54, 1.807) is 12.1 Å². The summed E-state index contributed by atoms with van der Waals surface area (Å²) in [6.07, 6.45) is 0. The number of esters is 1. The number of hydrogen-bond donors (Lipinski definition) is 1. The lowest BCUT2D eigenvalue weighted by atomic mass is 9.83. The first-order chi connectivity index (χ1) is 17.3. The van der Waals surface area contributed by atoms with Gasteiger partial charge in [0.05, 0.1) is 10.8 Å². The van der Waals surface area contributed by atoms with Crippen LogP contribution in [0.5, 0.6) is 17.2 Å². The Morgan fingerprint density at radius 3 is 2.39 bits per heavy atom. The van der Waals surface area contributed by atoms with Gasteiger partial charge in [-0.15, -0.1) is 0 Å². The maximum absolute atomic E-state index is 12.3. The average molecular weight is 485 g/mol. The maximum atomic E-state index is 12.3. The van der Waals surface area contributed by atoms with Crippen LogP contribution in [0.4, 0.5) is 5.69 Å². The fourth-order valence-corrected chi connectivity index (χ4v) is 3.88. The van der Waals surface area contributed by atoms with Crippen molar-refractivity contribution in [2.75, 3.05) is 6.61 Å². The van der Waals surface area contributed by atoms with Crippen LogP contribution in [-0.2, 0) is 4.79 Å². The van der Waals surface area contributed by atoms with Gasteiger partial charge in [0.15, 0.2) is 6.61 Å². The molecule has 1 aliphatic rings. The van der Waals surface area contributed by atoms with Crippen LogP contribution in [0, 0.1) is 21.4 Å². The van der Waals surface area contributed by atoms with Crippen LogP contribution in [0.15, 0.2) is 78.2 Å². The molecule has 1 heterocycles. The predicted molar refractivity (Wildman–Crippen MR) is 130 cm³/mol. The molecule has 0 aliphatic carbocycles. The van der Waals surface area contributed by atoms with Crippen molar-refractivity contribution in [2.24, 2.45) is 5.73 Å². The zero-order valence-corrected chi connectivity index (χ0v) is 19.6. The number of carbonyl (C=O) groups is 1. The molecule has 3 aromatic carbocycles. The van der Waals surface area contributed by atoms with Gasteiger partial charge in [-0.25, -0.2) is 4.79 Å². The first kappa shape index (κ1) is 24.3. The molecule has 0 saturated carbocycles. The van der Waals surface area contributed by atoms with Crippen molar-refractivity contribution in [3.05, 3.63) is 105 Å². The third-order valence-corrected chi connectivity index (χ3v) is 5.76. The largest absolute Gasteiger partial charge is 0.482 e. The number of benzene rings is 3. The standard InChI is InChI=1S/C27H23N3O6/c1-16(2)17-3-5-18(6-4-17)26-22-12-11-21(13-24(22)36-27(29)23(26)14-28)35-25(31)15-34-20-9-7-19(8-10-20)30(32)33/h3-13,16,26H,15,29H2,1-2H3. The van der Waals surface area contributed by atoms with Gasteiger partial charge >= 0.3 is 5.97 Å². The summed E-state index contributed by atoms with van der Waals surface area (Å²) in [5, 5.41) is 20.5. The minimum absolute atomic E-state index is 0.00656. The zero-order valence-electron chi connectivity index (χ0n) is 19.6. The molecule has 0 aromatic heterocycles. The van der Waals surface area contributed by atoms with Crippen LogP contribution in [-0.4, -0.2) is 17.5 Å². The summed E-state index contributed by atoms with van der Waals surface area (Å²) in [5.74, 6) is 0.159. The molecule has 9 heteroatoms. The zero-order chi connectivity index (χ0) is 25.8. The van der Waals surface area contributed by atoms with Crippen molar-refractivity contribution in [1.82, 2.24) is 0 Å². The number of nitro groups is 1. The second kappa shape index (κ2) is 10.2. The Morgan fingerprint density at radius 2 is 1.78 bits per heavy atom. The van der Waals surface area contributed by atoms with Crippen LogP contribution >= 0.6 is 0 Å². The predicted octanol–water partition coefficient (Wildman–Crippen LogP) is 4.92. The molecule has 1 atom stereocenters. The van der Waals surface area contributed by atoms with E-state index >= 15 is 0 Å². The summed E-state index contributed by atoms with van der Waals surface area (Å²) in [6, 6.07) is 20.4. The molecule has 1 unspecified atom stereocenters. The number of fused-ring (bicyclic) bond motifs is 1. The second-order valence-electron chi connectivity index (χ2n) is 8.46. The Kier molecular flexibility index (Phi) is 6.88. The number of nitriles is 1. The lowest BCUT2D eigenvalue weighted by Crippen LogP contribution is -2.21.